The van der Waals surface area contributed by atoms with Gasteiger partial charge in [0.15, 0.2) is 5.17 Å². The summed E-state index contributed by atoms with van der Waals surface area (Å²) in [6, 6.07) is 5.87. The molecule has 0 saturated carbocycles. The predicted molar refractivity (Wildman–Crippen MR) is 73.1 cm³/mol. The highest BCUT2D eigenvalue weighted by Gasteiger charge is 2.19. The number of carboxylic acids is 1. The third kappa shape index (κ3) is 3.25. The van der Waals surface area contributed by atoms with E-state index in [2.05, 4.69) is 15.8 Å². The molecule has 0 aliphatic carbocycles. The van der Waals surface area contributed by atoms with E-state index in [-0.39, 0.29) is 16.8 Å². The van der Waals surface area contributed by atoms with Gasteiger partial charge in [0.2, 0.25) is 0 Å². The molecule has 1 atom stereocenters. The Hall–Kier alpha value is -2.02. The van der Waals surface area contributed by atoms with Crippen molar-refractivity contribution in [2.24, 2.45) is 5.10 Å². The minimum absolute atomic E-state index is 0.0817. The summed E-state index contributed by atoms with van der Waals surface area (Å²) >= 11 is 1.43. The van der Waals surface area contributed by atoms with Gasteiger partial charge in [-0.05, 0) is 24.6 Å². The number of hydrogen-bond acceptors (Lipinski definition) is 5. The first kappa shape index (κ1) is 13.4. The van der Waals surface area contributed by atoms with E-state index < -0.39 is 5.97 Å². The number of nitrogens with zero attached hydrogens (tertiary/aromatic N) is 1. The molecule has 0 fully saturated rings. The number of aromatic carboxylic acids is 1. The summed E-state index contributed by atoms with van der Waals surface area (Å²) < 4.78 is 0. The van der Waals surface area contributed by atoms with Gasteiger partial charge in [0, 0.05) is 5.56 Å². The molecule has 2 rings (SSSR count). The number of amides is 1. The van der Waals surface area contributed by atoms with Gasteiger partial charge in [-0.3, -0.25) is 15.5 Å². The Bertz CT molecular complexity index is 545. The van der Waals surface area contributed by atoms with Crippen molar-refractivity contribution in [3.63, 3.8) is 0 Å². The molecule has 1 aromatic rings. The van der Waals surface area contributed by atoms with Crippen molar-refractivity contribution in [2.45, 2.75) is 18.7 Å². The van der Waals surface area contributed by atoms with E-state index in [0.717, 1.165) is 6.42 Å². The molecule has 1 heterocycles. The Morgan fingerprint density at radius 3 is 2.84 bits per heavy atom. The predicted octanol–water partition coefficient (Wildman–Crippen LogP) is 1.46. The molecule has 1 aliphatic rings. The molecule has 100 valence electrons. The lowest BCUT2D eigenvalue weighted by Crippen LogP contribution is -2.27. The number of carboxylic acid groups (broad SMARTS) is 1. The van der Waals surface area contributed by atoms with Crippen molar-refractivity contribution in [2.75, 3.05) is 0 Å². The Morgan fingerprint density at radius 1 is 1.47 bits per heavy atom. The standard InChI is InChI=1S/C12H13N3O3S/c1-2-9-14-15-12(19-9)13-10(16)7-4-3-5-8(6-7)11(17)18/h3-6,9,14H,2H2,1H3,(H,17,18)(H,13,15,16). The molecule has 0 bridgehead atoms. The molecule has 0 radical (unpaired) electrons. The normalized spacial score (nSPS) is 17.5. The average molecular weight is 279 g/mol. The van der Waals surface area contributed by atoms with Gasteiger partial charge < -0.3 is 5.11 Å². The van der Waals surface area contributed by atoms with Crippen molar-refractivity contribution in [1.29, 1.82) is 0 Å². The van der Waals surface area contributed by atoms with Crippen LogP contribution in [0.1, 0.15) is 34.1 Å². The highest BCUT2D eigenvalue weighted by molar-refractivity contribution is 8.14. The van der Waals surface area contributed by atoms with Crippen LogP contribution in [-0.4, -0.2) is 27.5 Å². The molecule has 1 aliphatic heterocycles. The number of carbonyl (C=O) groups excluding carboxylic acids is 1. The number of rotatable bonds is 3. The maximum atomic E-state index is 11.9. The highest BCUT2D eigenvalue weighted by atomic mass is 32.2. The van der Waals surface area contributed by atoms with Crippen LogP contribution in [0.2, 0.25) is 0 Å². The van der Waals surface area contributed by atoms with Crippen LogP contribution < -0.4 is 10.7 Å². The van der Waals surface area contributed by atoms with Crippen LogP contribution in [-0.2, 0) is 0 Å². The Kier molecular flexibility index (Phi) is 4.06. The number of hydrogen-bond donors (Lipinski definition) is 3. The van der Waals surface area contributed by atoms with Gasteiger partial charge in [0.25, 0.3) is 5.91 Å². The topological polar surface area (TPSA) is 90.8 Å². The van der Waals surface area contributed by atoms with Crippen molar-refractivity contribution < 1.29 is 14.7 Å². The second-order valence-corrected chi connectivity index (χ2v) is 5.09. The SMILES string of the molecule is CCC1NN=C(NC(=O)c2cccc(C(=O)O)c2)S1. The number of carbonyl (C=O) groups is 2. The summed E-state index contributed by atoms with van der Waals surface area (Å²) in [6.07, 6.45) is 0.891. The number of thioether (sulfide) groups is 1. The summed E-state index contributed by atoms with van der Waals surface area (Å²) in [5, 5.41) is 16.2. The van der Waals surface area contributed by atoms with Gasteiger partial charge in [0.05, 0.1) is 10.9 Å². The monoisotopic (exact) mass is 279 g/mol. The maximum Gasteiger partial charge on any atom is 0.335 e. The van der Waals surface area contributed by atoms with E-state index in [9.17, 15) is 9.59 Å². The molecule has 1 amide bonds. The molecule has 6 nitrogen and oxygen atoms in total. The fourth-order valence-electron chi connectivity index (χ4n) is 1.51. The highest BCUT2D eigenvalue weighted by Crippen LogP contribution is 2.18. The van der Waals surface area contributed by atoms with E-state index in [1.807, 2.05) is 6.92 Å². The molecule has 19 heavy (non-hydrogen) atoms. The van der Waals surface area contributed by atoms with Crippen molar-refractivity contribution in [3.8, 4) is 0 Å². The molecule has 0 aromatic heterocycles. The van der Waals surface area contributed by atoms with Crippen LogP contribution in [0.5, 0.6) is 0 Å². The Morgan fingerprint density at radius 2 is 2.21 bits per heavy atom. The van der Waals surface area contributed by atoms with Crippen LogP contribution >= 0.6 is 11.8 Å². The summed E-state index contributed by atoms with van der Waals surface area (Å²) in [5.74, 6) is -1.43. The zero-order chi connectivity index (χ0) is 13.8. The zero-order valence-electron chi connectivity index (χ0n) is 10.2. The summed E-state index contributed by atoms with van der Waals surface area (Å²) in [5.41, 5.74) is 3.26. The average Bonchev–Trinajstić information content (AvgIpc) is 2.86. The first-order chi connectivity index (χ1) is 9.10. The lowest BCUT2D eigenvalue weighted by atomic mass is 10.1. The molecular weight excluding hydrogens is 266 g/mol. The van der Waals surface area contributed by atoms with E-state index in [4.69, 9.17) is 5.11 Å². The third-order valence-corrected chi connectivity index (χ3v) is 3.67. The first-order valence-corrected chi connectivity index (χ1v) is 6.62. The summed E-state index contributed by atoms with van der Waals surface area (Å²) in [7, 11) is 0. The fourth-order valence-corrected chi connectivity index (χ4v) is 2.31. The van der Waals surface area contributed by atoms with Crippen molar-refractivity contribution >= 4 is 28.8 Å². The molecule has 7 heteroatoms. The Balaban J connectivity index is 2.04. The van der Waals surface area contributed by atoms with Gasteiger partial charge >= 0.3 is 5.97 Å². The number of nitrogens with one attached hydrogen (secondary N) is 2. The van der Waals surface area contributed by atoms with Crippen LogP contribution in [0, 0.1) is 0 Å². The number of hydrazone groups is 1. The molecule has 0 spiro atoms. The minimum atomic E-state index is -1.06. The molecule has 3 N–H and O–H groups in total. The molecular formula is C12H13N3O3S. The van der Waals surface area contributed by atoms with E-state index in [1.54, 1.807) is 6.07 Å². The third-order valence-electron chi connectivity index (χ3n) is 2.53. The lowest BCUT2D eigenvalue weighted by Gasteiger charge is -2.05. The molecule has 1 aromatic carbocycles. The first-order valence-electron chi connectivity index (χ1n) is 5.74. The van der Waals surface area contributed by atoms with Gasteiger partial charge in [-0.1, -0.05) is 24.8 Å². The van der Waals surface area contributed by atoms with Crippen molar-refractivity contribution in [3.05, 3.63) is 35.4 Å². The fraction of sp³-hybridized carbons (Fsp3) is 0.250. The maximum absolute atomic E-state index is 11.9. The van der Waals surface area contributed by atoms with E-state index in [0.29, 0.717) is 10.7 Å². The number of benzene rings is 1. The van der Waals surface area contributed by atoms with Gasteiger partial charge in [-0.25, -0.2) is 4.79 Å². The van der Waals surface area contributed by atoms with Gasteiger partial charge in [-0.15, -0.1) is 0 Å². The quantitative estimate of drug-likeness (QED) is 0.779. The summed E-state index contributed by atoms with van der Waals surface area (Å²) in [6.45, 7) is 2.02. The number of amidine groups is 1. The molecule has 0 saturated heterocycles. The van der Waals surface area contributed by atoms with E-state index >= 15 is 0 Å². The molecule has 1 unspecified atom stereocenters. The van der Waals surface area contributed by atoms with E-state index in [1.165, 1.54) is 30.0 Å². The summed E-state index contributed by atoms with van der Waals surface area (Å²) in [4.78, 5) is 22.8. The smallest absolute Gasteiger partial charge is 0.335 e. The van der Waals surface area contributed by atoms with Crippen LogP contribution in [0.4, 0.5) is 0 Å². The van der Waals surface area contributed by atoms with Gasteiger partial charge in [0.1, 0.15) is 0 Å². The lowest BCUT2D eigenvalue weighted by molar-refractivity contribution is 0.0697. The minimum Gasteiger partial charge on any atom is -0.478 e. The van der Waals surface area contributed by atoms with Crippen molar-refractivity contribution in [1.82, 2.24) is 10.7 Å². The van der Waals surface area contributed by atoms with Crippen LogP contribution in [0.15, 0.2) is 29.4 Å². The van der Waals surface area contributed by atoms with Crippen LogP contribution in [0.3, 0.4) is 0 Å². The zero-order valence-corrected chi connectivity index (χ0v) is 11.0. The largest absolute Gasteiger partial charge is 0.478 e. The Labute approximate surface area is 114 Å². The van der Waals surface area contributed by atoms with Gasteiger partial charge in [-0.2, -0.15) is 5.10 Å². The second kappa shape index (κ2) is 5.75. The van der Waals surface area contributed by atoms with Crippen LogP contribution in [0.25, 0.3) is 0 Å². The second-order valence-electron chi connectivity index (χ2n) is 3.90.